The summed E-state index contributed by atoms with van der Waals surface area (Å²) in [6, 6.07) is 10.0. The number of rotatable bonds is 3. The van der Waals surface area contributed by atoms with Crippen LogP contribution in [0.2, 0.25) is 5.02 Å². The fourth-order valence-corrected chi connectivity index (χ4v) is 4.90. The van der Waals surface area contributed by atoms with Crippen LogP contribution in [0.15, 0.2) is 49.1 Å². The van der Waals surface area contributed by atoms with Crippen LogP contribution in [0.3, 0.4) is 0 Å². The Bertz CT molecular complexity index is 1130. The lowest BCUT2D eigenvalue weighted by Gasteiger charge is -2.38. The normalized spacial score (nSPS) is 20.5. The molecule has 6 nitrogen and oxygen atoms in total. The number of benzene rings is 1. The highest BCUT2D eigenvalue weighted by Crippen LogP contribution is 2.43. The maximum absolute atomic E-state index is 6.84. The summed E-state index contributed by atoms with van der Waals surface area (Å²) in [7, 11) is 4.15. The second-order valence-electron chi connectivity index (χ2n) is 8.46. The zero-order valence-corrected chi connectivity index (χ0v) is 18.6. The molecule has 160 valence electrons. The number of nitrogens with two attached hydrogens (primary N) is 1. The molecule has 31 heavy (non-hydrogen) atoms. The molecule has 0 amide bonds. The van der Waals surface area contributed by atoms with E-state index in [1.54, 1.807) is 6.33 Å². The van der Waals surface area contributed by atoms with Gasteiger partial charge >= 0.3 is 0 Å². The first kappa shape index (κ1) is 20.4. The van der Waals surface area contributed by atoms with Crippen molar-refractivity contribution >= 4 is 23.3 Å². The standard InChI is InChI=1S/C24H27ClN6/c1-29-8-10-31(11-9-29)24-18-6-5-17(25)13-19(18)20(12-16-4-3-7-28-23(16)24)22(26)21-14-27-15-30(21)2/h3-7,12-15,22,24H,8-11,26H2,1-2H3/t22?,24-/m0/s1. The molecule has 2 aliphatic rings. The number of piperazine rings is 1. The second-order valence-corrected chi connectivity index (χ2v) is 8.89. The summed E-state index contributed by atoms with van der Waals surface area (Å²) in [6.45, 7) is 4.05. The molecule has 1 aromatic carbocycles. The first-order valence-electron chi connectivity index (χ1n) is 10.6. The van der Waals surface area contributed by atoms with Crippen LogP contribution < -0.4 is 5.73 Å². The summed E-state index contributed by atoms with van der Waals surface area (Å²) in [5, 5.41) is 0.706. The summed E-state index contributed by atoms with van der Waals surface area (Å²) in [5.74, 6) is 0. The Balaban J connectivity index is 1.71. The number of likely N-dealkylation sites (N-methyl/N-ethyl adjacent to an activating group) is 1. The molecule has 1 aliphatic heterocycles. The highest BCUT2D eigenvalue weighted by Gasteiger charge is 2.33. The summed E-state index contributed by atoms with van der Waals surface area (Å²) in [5.41, 5.74) is 13.3. The van der Waals surface area contributed by atoms with Crippen LogP contribution in [0.25, 0.3) is 11.6 Å². The van der Waals surface area contributed by atoms with Crippen LogP contribution >= 0.6 is 11.6 Å². The summed E-state index contributed by atoms with van der Waals surface area (Å²) in [4.78, 5) is 14.0. The Labute approximate surface area is 188 Å². The van der Waals surface area contributed by atoms with Crippen molar-refractivity contribution in [2.45, 2.75) is 12.1 Å². The fourth-order valence-electron chi connectivity index (χ4n) is 4.72. The third-order valence-electron chi connectivity index (χ3n) is 6.47. The topological polar surface area (TPSA) is 63.2 Å². The predicted octanol–water partition coefficient (Wildman–Crippen LogP) is 3.36. The average molecular weight is 435 g/mol. The van der Waals surface area contributed by atoms with Crippen LogP contribution in [-0.2, 0) is 7.05 Å². The van der Waals surface area contributed by atoms with Gasteiger partial charge in [-0.05, 0) is 53.6 Å². The minimum atomic E-state index is -0.330. The van der Waals surface area contributed by atoms with Crippen LogP contribution in [0.5, 0.6) is 0 Å². The number of pyridine rings is 1. The van der Waals surface area contributed by atoms with E-state index in [1.165, 1.54) is 5.56 Å². The molecule has 1 fully saturated rings. The Morgan fingerprint density at radius 1 is 1.13 bits per heavy atom. The van der Waals surface area contributed by atoms with E-state index in [1.807, 2.05) is 42.2 Å². The van der Waals surface area contributed by atoms with Gasteiger partial charge in [-0.1, -0.05) is 23.7 Å². The van der Waals surface area contributed by atoms with Crippen LogP contribution in [0.1, 0.15) is 40.2 Å². The number of halogens is 1. The number of aryl methyl sites for hydroxylation is 1. The highest BCUT2D eigenvalue weighted by molar-refractivity contribution is 6.30. The number of nitrogens with zero attached hydrogens (tertiary/aromatic N) is 5. The minimum Gasteiger partial charge on any atom is -0.336 e. The largest absolute Gasteiger partial charge is 0.336 e. The molecule has 2 atom stereocenters. The molecular formula is C24H27ClN6. The predicted molar refractivity (Wildman–Crippen MR) is 125 cm³/mol. The van der Waals surface area contributed by atoms with Crippen LogP contribution in [0.4, 0.5) is 0 Å². The van der Waals surface area contributed by atoms with Gasteiger partial charge in [0, 0.05) is 44.4 Å². The number of imidazole rings is 1. The number of hydrogen-bond acceptors (Lipinski definition) is 5. The maximum atomic E-state index is 6.84. The molecule has 3 aromatic rings. The molecule has 0 bridgehead atoms. The van der Waals surface area contributed by atoms with E-state index in [9.17, 15) is 0 Å². The van der Waals surface area contributed by atoms with Gasteiger partial charge in [0.2, 0.25) is 0 Å². The van der Waals surface area contributed by atoms with E-state index in [-0.39, 0.29) is 12.1 Å². The minimum absolute atomic E-state index is 0.0599. The Morgan fingerprint density at radius 2 is 1.94 bits per heavy atom. The van der Waals surface area contributed by atoms with E-state index in [0.717, 1.165) is 54.3 Å². The van der Waals surface area contributed by atoms with E-state index >= 15 is 0 Å². The Hall–Kier alpha value is -2.51. The van der Waals surface area contributed by atoms with E-state index in [0.29, 0.717) is 5.02 Å². The number of fused-ring (bicyclic) bond motifs is 2. The average Bonchev–Trinajstić information content (AvgIpc) is 3.14. The van der Waals surface area contributed by atoms with Gasteiger partial charge in [0.1, 0.15) is 0 Å². The SMILES string of the molecule is CN1CCN([C@H]2c3ccc(Cl)cc3C(C(N)c3cncn3C)=Cc3cccnc32)CC1. The van der Waals surface area contributed by atoms with Gasteiger partial charge in [0.05, 0.1) is 36.0 Å². The molecule has 2 N–H and O–H groups in total. The molecule has 7 heteroatoms. The third-order valence-corrected chi connectivity index (χ3v) is 6.71. The molecule has 2 aromatic heterocycles. The first-order chi connectivity index (χ1) is 15.0. The molecule has 0 saturated carbocycles. The van der Waals surface area contributed by atoms with Gasteiger partial charge in [-0.2, -0.15) is 0 Å². The second kappa shape index (κ2) is 8.20. The van der Waals surface area contributed by atoms with E-state index < -0.39 is 0 Å². The van der Waals surface area contributed by atoms with Gasteiger partial charge < -0.3 is 15.2 Å². The summed E-state index contributed by atoms with van der Waals surface area (Å²) < 4.78 is 1.97. The van der Waals surface area contributed by atoms with Gasteiger partial charge in [0.25, 0.3) is 0 Å². The molecule has 1 saturated heterocycles. The molecule has 1 unspecified atom stereocenters. The summed E-state index contributed by atoms with van der Waals surface area (Å²) in [6.07, 6.45) is 7.69. The third kappa shape index (κ3) is 3.70. The lowest BCUT2D eigenvalue weighted by Crippen LogP contribution is -2.46. The van der Waals surface area contributed by atoms with Crippen molar-refractivity contribution in [1.82, 2.24) is 24.3 Å². The molecular weight excluding hydrogens is 408 g/mol. The van der Waals surface area contributed by atoms with Gasteiger partial charge in [-0.25, -0.2) is 4.98 Å². The fraction of sp³-hybridized carbons (Fsp3) is 0.333. The van der Waals surface area contributed by atoms with Crippen LogP contribution in [-0.4, -0.2) is 57.6 Å². The van der Waals surface area contributed by atoms with Gasteiger partial charge in [-0.15, -0.1) is 0 Å². The molecule has 3 heterocycles. The maximum Gasteiger partial charge on any atom is 0.0946 e. The quantitative estimate of drug-likeness (QED) is 0.684. The van der Waals surface area contributed by atoms with Gasteiger partial charge in [0.15, 0.2) is 0 Å². The zero-order valence-electron chi connectivity index (χ0n) is 17.9. The Kier molecular flexibility index (Phi) is 5.40. The molecule has 1 aliphatic carbocycles. The van der Waals surface area contributed by atoms with E-state index in [2.05, 4.69) is 40.0 Å². The number of hydrogen-bond donors (Lipinski definition) is 1. The van der Waals surface area contributed by atoms with E-state index in [4.69, 9.17) is 22.3 Å². The van der Waals surface area contributed by atoms with Crippen molar-refractivity contribution in [3.63, 3.8) is 0 Å². The smallest absolute Gasteiger partial charge is 0.0946 e. The van der Waals surface area contributed by atoms with Crippen molar-refractivity contribution in [1.29, 1.82) is 0 Å². The van der Waals surface area contributed by atoms with Crippen molar-refractivity contribution < 1.29 is 0 Å². The van der Waals surface area contributed by atoms with Gasteiger partial charge in [-0.3, -0.25) is 9.88 Å². The Morgan fingerprint density at radius 3 is 2.68 bits per heavy atom. The molecule has 5 rings (SSSR count). The zero-order chi connectivity index (χ0) is 21.5. The van der Waals surface area contributed by atoms with Crippen molar-refractivity contribution in [3.8, 4) is 0 Å². The monoisotopic (exact) mass is 434 g/mol. The highest BCUT2D eigenvalue weighted by atomic mass is 35.5. The molecule has 0 spiro atoms. The molecule has 0 radical (unpaired) electrons. The lowest BCUT2D eigenvalue weighted by atomic mass is 9.90. The van der Waals surface area contributed by atoms with Crippen molar-refractivity contribution in [2.24, 2.45) is 12.8 Å². The van der Waals surface area contributed by atoms with Crippen LogP contribution in [0, 0.1) is 0 Å². The number of aromatic nitrogens is 3. The summed E-state index contributed by atoms with van der Waals surface area (Å²) >= 11 is 6.50. The van der Waals surface area contributed by atoms with Crippen molar-refractivity contribution in [3.05, 3.63) is 82.2 Å². The lowest BCUT2D eigenvalue weighted by molar-refractivity contribution is 0.125. The van der Waals surface area contributed by atoms with Crippen molar-refractivity contribution in [2.75, 3.05) is 33.2 Å². The first-order valence-corrected chi connectivity index (χ1v) is 11.0.